The summed E-state index contributed by atoms with van der Waals surface area (Å²) in [6.45, 7) is 12.1. The van der Waals surface area contributed by atoms with Crippen molar-refractivity contribution in [1.29, 1.82) is 0 Å². The Morgan fingerprint density at radius 3 is 1.83 bits per heavy atom. The number of Topliss-reactive ketones (excluding diaryl/α,β-unsaturated/α-hetero) is 1. The minimum atomic E-state index is -3.48. The summed E-state index contributed by atoms with van der Waals surface area (Å²) in [6, 6.07) is 3.69. The predicted molar refractivity (Wildman–Crippen MR) is 116 cm³/mol. The Labute approximate surface area is 173 Å². The van der Waals surface area contributed by atoms with Crippen molar-refractivity contribution < 1.29 is 28.3 Å². The summed E-state index contributed by atoms with van der Waals surface area (Å²) in [4.78, 5) is 24.2. The van der Waals surface area contributed by atoms with Crippen molar-refractivity contribution in [1.82, 2.24) is 0 Å². The third kappa shape index (κ3) is 7.22. The number of carbonyl (C=O) groups is 2. The zero-order valence-corrected chi connectivity index (χ0v) is 19.6. The summed E-state index contributed by atoms with van der Waals surface area (Å²) in [7, 11) is -1.08. The van der Waals surface area contributed by atoms with Crippen molar-refractivity contribution >= 4 is 25.2 Å². The molecular formula is C22H33O6P. The number of phenols is 1. The fourth-order valence-corrected chi connectivity index (χ4v) is 3.77. The lowest BCUT2D eigenvalue weighted by Gasteiger charge is -2.27. The summed E-state index contributed by atoms with van der Waals surface area (Å²) >= 11 is 0. The van der Waals surface area contributed by atoms with Gasteiger partial charge in [-0.25, -0.2) is 0 Å². The second-order valence-corrected chi connectivity index (χ2v) is 11.4. The van der Waals surface area contributed by atoms with Crippen molar-refractivity contribution in [2.24, 2.45) is 0 Å². The molecule has 6 nitrogen and oxygen atoms in total. The largest absolute Gasteiger partial charge is 0.507 e. The normalized spacial score (nSPS) is 13.1. The molecule has 0 saturated carbocycles. The zero-order chi connectivity index (χ0) is 22.6. The maximum absolute atomic E-state index is 12.2. The van der Waals surface area contributed by atoms with Gasteiger partial charge in [-0.3, -0.25) is 14.2 Å². The van der Waals surface area contributed by atoms with E-state index in [4.69, 9.17) is 9.05 Å². The standard InChI is InChI=1S/C22H33O6P/c1-21(2,3)18-11-15(12-19(20(18)25)22(4,5)6)9-10-16(23)13-17(24)14-29(26,27-7)28-8/h9-12,25H,13-14H2,1-8H3/b10-9+. The number of allylic oxidation sites excluding steroid dienone is 1. The fourth-order valence-electron chi connectivity index (χ4n) is 2.81. The molecule has 0 amide bonds. The molecule has 162 valence electrons. The predicted octanol–water partition coefficient (Wildman–Crippen LogP) is 5.01. The zero-order valence-electron chi connectivity index (χ0n) is 18.7. The lowest BCUT2D eigenvalue weighted by atomic mass is 9.78. The minimum absolute atomic E-state index is 0.263. The van der Waals surface area contributed by atoms with Crippen LogP contribution in [-0.2, 0) is 34.0 Å². The molecule has 0 atom stereocenters. The molecule has 0 aliphatic heterocycles. The van der Waals surface area contributed by atoms with E-state index in [-0.39, 0.29) is 23.0 Å². The van der Waals surface area contributed by atoms with Crippen LogP contribution in [0.4, 0.5) is 0 Å². The van der Waals surface area contributed by atoms with Crippen LogP contribution in [0.3, 0.4) is 0 Å². The maximum atomic E-state index is 12.2. The number of benzene rings is 1. The van der Waals surface area contributed by atoms with Crippen LogP contribution in [-0.4, -0.2) is 37.1 Å². The monoisotopic (exact) mass is 424 g/mol. The smallest absolute Gasteiger partial charge is 0.337 e. The second-order valence-electron chi connectivity index (χ2n) is 9.11. The van der Waals surface area contributed by atoms with Gasteiger partial charge >= 0.3 is 7.60 Å². The van der Waals surface area contributed by atoms with Gasteiger partial charge in [0.25, 0.3) is 0 Å². The van der Waals surface area contributed by atoms with E-state index in [1.807, 2.05) is 53.7 Å². The molecule has 0 saturated heterocycles. The van der Waals surface area contributed by atoms with Crippen LogP contribution in [0.1, 0.15) is 64.7 Å². The van der Waals surface area contributed by atoms with E-state index in [0.717, 1.165) is 16.7 Å². The van der Waals surface area contributed by atoms with Gasteiger partial charge in [-0.2, -0.15) is 0 Å². The third-order valence-corrected chi connectivity index (χ3v) is 6.36. The van der Waals surface area contributed by atoms with Crippen LogP contribution in [0.25, 0.3) is 6.08 Å². The van der Waals surface area contributed by atoms with Gasteiger partial charge in [0, 0.05) is 25.3 Å². The average Bonchev–Trinajstić information content (AvgIpc) is 2.58. The molecule has 0 fully saturated rings. The molecule has 1 aromatic carbocycles. The van der Waals surface area contributed by atoms with E-state index in [2.05, 4.69) is 0 Å². The lowest BCUT2D eigenvalue weighted by Crippen LogP contribution is -2.17. The van der Waals surface area contributed by atoms with Gasteiger partial charge in [0.1, 0.15) is 11.9 Å². The minimum Gasteiger partial charge on any atom is -0.507 e. The van der Waals surface area contributed by atoms with Crippen molar-refractivity contribution in [3.05, 3.63) is 34.9 Å². The molecule has 1 N–H and O–H groups in total. The highest BCUT2D eigenvalue weighted by Crippen LogP contribution is 2.46. The highest BCUT2D eigenvalue weighted by molar-refractivity contribution is 7.54. The second kappa shape index (κ2) is 9.38. The Morgan fingerprint density at radius 1 is 1.00 bits per heavy atom. The highest BCUT2D eigenvalue weighted by Gasteiger charge is 2.27. The first kappa shape index (κ1) is 25.3. The van der Waals surface area contributed by atoms with Gasteiger partial charge < -0.3 is 14.2 Å². The molecule has 0 aromatic heterocycles. The number of hydrogen-bond acceptors (Lipinski definition) is 6. The molecule has 0 radical (unpaired) electrons. The molecule has 0 heterocycles. The summed E-state index contributed by atoms with van der Waals surface area (Å²) in [5, 5.41) is 10.7. The van der Waals surface area contributed by atoms with Crippen LogP contribution in [0.15, 0.2) is 18.2 Å². The van der Waals surface area contributed by atoms with Gasteiger partial charge in [0.15, 0.2) is 11.6 Å². The van der Waals surface area contributed by atoms with Gasteiger partial charge in [-0.1, -0.05) is 47.6 Å². The Hall–Kier alpha value is -1.75. The summed E-state index contributed by atoms with van der Waals surface area (Å²) < 4.78 is 21.5. The first-order valence-electron chi connectivity index (χ1n) is 9.44. The lowest BCUT2D eigenvalue weighted by molar-refractivity contribution is -0.123. The fraction of sp³-hybridized carbons (Fsp3) is 0.545. The van der Waals surface area contributed by atoms with Crippen molar-refractivity contribution in [2.75, 3.05) is 20.4 Å². The van der Waals surface area contributed by atoms with Gasteiger partial charge in [-0.05, 0) is 34.6 Å². The Bertz CT molecular complexity index is 797. The Morgan fingerprint density at radius 2 is 1.45 bits per heavy atom. The van der Waals surface area contributed by atoms with E-state index in [1.165, 1.54) is 20.3 Å². The van der Waals surface area contributed by atoms with Crippen molar-refractivity contribution in [2.45, 2.75) is 58.8 Å². The molecule has 0 spiro atoms. The number of phenolic OH excluding ortho intramolecular Hbond substituents is 1. The van der Waals surface area contributed by atoms with Crippen LogP contribution >= 0.6 is 7.60 Å². The van der Waals surface area contributed by atoms with E-state index < -0.39 is 25.3 Å². The van der Waals surface area contributed by atoms with Gasteiger partial charge in [0.2, 0.25) is 0 Å². The molecule has 0 aliphatic rings. The maximum Gasteiger partial charge on any atom is 0.337 e. The van der Waals surface area contributed by atoms with E-state index in [9.17, 15) is 19.3 Å². The number of hydrogen-bond donors (Lipinski definition) is 1. The topological polar surface area (TPSA) is 89.9 Å². The Kier molecular flexibility index (Phi) is 8.18. The quantitative estimate of drug-likeness (QED) is 0.358. The first-order chi connectivity index (χ1) is 13.1. The molecule has 0 aliphatic carbocycles. The number of ketones is 2. The number of aromatic hydroxyl groups is 1. The van der Waals surface area contributed by atoms with E-state index >= 15 is 0 Å². The van der Waals surface area contributed by atoms with Crippen LogP contribution < -0.4 is 0 Å². The van der Waals surface area contributed by atoms with Gasteiger partial charge in [-0.15, -0.1) is 0 Å². The molecule has 29 heavy (non-hydrogen) atoms. The van der Waals surface area contributed by atoms with Crippen molar-refractivity contribution in [3.8, 4) is 5.75 Å². The summed E-state index contributed by atoms with van der Waals surface area (Å²) in [5.41, 5.74) is 1.77. The summed E-state index contributed by atoms with van der Waals surface area (Å²) in [6.07, 6.45) is 2.13. The molecular weight excluding hydrogens is 391 g/mol. The Balaban J connectivity index is 3.11. The van der Waals surface area contributed by atoms with E-state index in [0.29, 0.717) is 0 Å². The molecule has 1 rings (SSSR count). The number of rotatable bonds is 8. The molecule has 0 bridgehead atoms. The van der Waals surface area contributed by atoms with Crippen LogP contribution in [0.2, 0.25) is 0 Å². The third-order valence-electron chi connectivity index (χ3n) is 4.51. The number of carbonyl (C=O) groups excluding carboxylic acids is 2. The SMILES string of the molecule is COP(=O)(CC(=O)CC(=O)/C=C/c1cc(C(C)(C)C)c(O)c(C(C)(C)C)c1)OC. The first-order valence-corrected chi connectivity index (χ1v) is 11.2. The van der Waals surface area contributed by atoms with Gasteiger partial charge in [0.05, 0.1) is 6.42 Å². The molecule has 7 heteroatoms. The highest BCUT2D eigenvalue weighted by atomic mass is 31.2. The molecule has 1 aromatic rings. The van der Waals surface area contributed by atoms with E-state index in [1.54, 1.807) is 6.08 Å². The summed E-state index contributed by atoms with van der Waals surface area (Å²) in [5.74, 6) is -0.655. The molecule has 0 unspecified atom stereocenters. The average molecular weight is 424 g/mol. The van der Waals surface area contributed by atoms with Crippen molar-refractivity contribution in [3.63, 3.8) is 0 Å². The van der Waals surface area contributed by atoms with Crippen LogP contribution in [0.5, 0.6) is 5.75 Å². The van der Waals surface area contributed by atoms with Crippen LogP contribution in [0, 0.1) is 0 Å².